The molecule has 0 aromatic heterocycles. The van der Waals surface area contributed by atoms with Crippen molar-refractivity contribution in [3.63, 3.8) is 0 Å². The molecule has 32 valence electrons. The Morgan fingerprint density at radius 2 is 1.00 bits per heavy atom. The lowest BCUT2D eigenvalue weighted by molar-refractivity contribution is 2.37. The second kappa shape index (κ2) is 5.24. The zero-order valence-corrected chi connectivity index (χ0v) is 4.00. The third-order valence-electron chi connectivity index (χ3n) is 0.312. The van der Waals surface area contributed by atoms with Gasteiger partial charge in [0.15, 0.2) is 0 Å². The summed E-state index contributed by atoms with van der Waals surface area (Å²) in [5.74, 6) is 12.4. The first kappa shape index (κ1) is 6.24. The lowest BCUT2D eigenvalue weighted by atomic mass is 10.5. The van der Waals surface area contributed by atoms with Gasteiger partial charge in [-0.05, 0) is 0 Å². The van der Waals surface area contributed by atoms with Crippen LogP contribution >= 0.6 is 0 Å². The van der Waals surface area contributed by atoms with Gasteiger partial charge in [-0.3, -0.25) is 0 Å². The normalized spacial score (nSPS) is 3.25. The molecule has 0 bridgehead atoms. The highest BCUT2D eigenvalue weighted by Crippen LogP contribution is 1.49. The van der Waals surface area contributed by atoms with E-state index in [0.717, 1.165) is 0 Å². The van der Waals surface area contributed by atoms with Crippen LogP contribution in [0.1, 0.15) is 0 Å². The van der Waals surface area contributed by atoms with Crippen LogP contribution in [0.3, 0.4) is 0 Å². The molecule has 0 N–H and O–H groups in total. The molecular weight excluding hydrogens is 96.1 g/mol. The SMILES string of the molecule is [C]#CC#CC#CC#[C]. The molecule has 0 atom stereocenters. The molecule has 0 heteroatoms. The van der Waals surface area contributed by atoms with Crippen molar-refractivity contribution in [3.8, 4) is 35.5 Å². The van der Waals surface area contributed by atoms with Gasteiger partial charge in [-0.1, -0.05) is 0 Å². The summed E-state index contributed by atoms with van der Waals surface area (Å²) >= 11 is 0. The van der Waals surface area contributed by atoms with Crippen LogP contribution in [0.4, 0.5) is 0 Å². The van der Waals surface area contributed by atoms with E-state index >= 15 is 0 Å². The van der Waals surface area contributed by atoms with Crippen molar-refractivity contribution in [2.45, 2.75) is 0 Å². The molecule has 0 heterocycles. The van der Waals surface area contributed by atoms with Crippen LogP contribution in [-0.2, 0) is 0 Å². The molecule has 0 saturated carbocycles. The summed E-state index contributed by atoms with van der Waals surface area (Å²) in [6.45, 7) is 0. The minimum Gasteiger partial charge on any atom is 0 e. The fourth-order valence-electron chi connectivity index (χ4n) is 0.125. The Hall–Kier alpha value is -1.76. The van der Waals surface area contributed by atoms with Crippen molar-refractivity contribution in [1.29, 1.82) is 0 Å². The Morgan fingerprint density at radius 1 is 0.625 bits per heavy atom. The van der Waals surface area contributed by atoms with Gasteiger partial charge < -0.3 is 0 Å². The summed E-state index contributed by atoms with van der Waals surface area (Å²) in [4.78, 5) is 0. The Bertz CT molecular complexity index is 217. The summed E-state index contributed by atoms with van der Waals surface area (Å²) in [7, 11) is 0. The van der Waals surface area contributed by atoms with E-state index in [1.54, 1.807) is 0 Å². The lowest BCUT2D eigenvalue weighted by Gasteiger charge is -1.48. The van der Waals surface area contributed by atoms with Crippen molar-refractivity contribution in [1.82, 2.24) is 0 Å². The third-order valence-corrected chi connectivity index (χ3v) is 0.312. The molecule has 0 aromatic rings. The predicted molar refractivity (Wildman–Crippen MR) is 29.8 cm³/mol. The number of hydrogen-bond donors (Lipinski definition) is 0. The highest BCUT2D eigenvalue weighted by molar-refractivity contribution is 5.36. The molecule has 0 aliphatic rings. The highest BCUT2D eigenvalue weighted by Gasteiger charge is 1.49. The summed E-state index contributed by atoms with van der Waals surface area (Å²) in [5.41, 5.74) is 0. The summed E-state index contributed by atoms with van der Waals surface area (Å²) in [6, 6.07) is 0. The van der Waals surface area contributed by atoms with E-state index in [1.165, 1.54) is 0 Å². The molecule has 0 unspecified atom stereocenters. The standard InChI is InChI=1S/C8/c1-3-5-7-8-6-4-2. The lowest BCUT2D eigenvalue weighted by Crippen LogP contribution is -1.48. The molecular formula is C8. The Labute approximate surface area is 49.3 Å². The van der Waals surface area contributed by atoms with Gasteiger partial charge in [0.05, 0.1) is 0 Å². The molecule has 0 fully saturated rings. The molecule has 0 saturated heterocycles. The topological polar surface area (TPSA) is 0 Å². The van der Waals surface area contributed by atoms with E-state index < -0.39 is 0 Å². The van der Waals surface area contributed by atoms with Crippen LogP contribution in [0.2, 0.25) is 0 Å². The van der Waals surface area contributed by atoms with Gasteiger partial charge in [-0.15, -0.1) is 0 Å². The zero-order valence-electron chi connectivity index (χ0n) is 4.00. The minimum absolute atomic E-state index is 1.82. The molecule has 2 radical (unpaired) electrons. The van der Waals surface area contributed by atoms with E-state index in [2.05, 4.69) is 23.7 Å². The van der Waals surface area contributed by atoms with Gasteiger partial charge in [0.25, 0.3) is 0 Å². The maximum atomic E-state index is 6.28. The molecule has 8 heavy (non-hydrogen) atoms. The Morgan fingerprint density at radius 3 is 1.25 bits per heavy atom. The summed E-state index contributed by atoms with van der Waals surface area (Å²) < 4.78 is 0. The summed E-state index contributed by atoms with van der Waals surface area (Å²) in [5, 5.41) is 0. The van der Waals surface area contributed by atoms with Crippen LogP contribution in [0, 0.1) is 48.4 Å². The fourth-order valence-corrected chi connectivity index (χ4v) is 0.125. The van der Waals surface area contributed by atoms with Crippen LogP contribution in [0.25, 0.3) is 0 Å². The van der Waals surface area contributed by atoms with Gasteiger partial charge in [-0.25, -0.2) is 0 Å². The van der Waals surface area contributed by atoms with Crippen LogP contribution in [0.15, 0.2) is 0 Å². The average Bonchev–Trinajstić information content (AvgIpc) is 1.81. The molecule has 0 rings (SSSR count). The van der Waals surface area contributed by atoms with Crippen LogP contribution in [-0.4, -0.2) is 0 Å². The Kier molecular flexibility index (Phi) is 4.09. The first-order chi connectivity index (χ1) is 3.91. The van der Waals surface area contributed by atoms with E-state index in [9.17, 15) is 0 Å². The molecule has 0 spiro atoms. The zero-order chi connectivity index (χ0) is 6.24. The van der Waals surface area contributed by atoms with Gasteiger partial charge in [0.1, 0.15) is 0 Å². The first-order valence-electron chi connectivity index (χ1n) is 1.75. The second-order valence-electron chi connectivity index (χ2n) is 0.750. The fraction of sp³-hybridized carbons (Fsp3) is 0. The largest absolute Gasteiger partial charge is 0 e. The maximum absolute atomic E-state index is 6.28. The van der Waals surface area contributed by atoms with E-state index in [4.69, 9.17) is 12.8 Å². The third kappa shape index (κ3) is 4.24. The highest BCUT2D eigenvalue weighted by atomic mass is 13.5. The van der Waals surface area contributed by atoms with Gasteiger partial charge in [0.2, 0.25) is 0 Å². The van der Waals surface area contributed by atoms with Crippen molar-refractivity contribution >= 4 is 0 Å². The molecule has 0 amide bonds. The number of hydrogen-bond acceptors (Lipinski definition) is 0. The quantitative estimate of drug-likeness (QED) is 0.377. The predicted octanol–water partition coefficient (Wildman–Crippen LogP) is 0.173. The Balaban J connectivity index is 3.85. The van der Waals surface area contributed by atoms with Gasteiger partial charge in [0, 0.05) is 48.4 Å². The molecule has 0 aliphatic heterocycles. The van der Waals surface area contributed by atoms with Crippen LogP contribution < -0.4 is 0 Å². The van der Waals surface area contributed by atoms with E-state index in [1.807, 2.05) is 11.8 Å². The molecule has 0 aromatic carbocycles. The molecule has 0 aliphatic carbocycles. The van der Waals surface area contributed by atoms with Crippen molar-refractivity contribution < 1.29 is 0 Å². The van der Waals surface area contributed by atoms with Gasteiger partial charge in [-0.2, -0.15) is 0 Å². The average molecular weight is 96.1 g/mol. The van der Waals surface area contributed by atoms with Crippen molar-refractivity contribution in [2.75, 3.05) is 0 Å². The summed E-state index contributed by atoms with van der Waals surface area (Å²) in [6.07, 6.45) is 12.6. The molecule has 0 nitrogen and oxygen atoms in total. The second-order valence-corrected chi connectivity index (χ2v) is 0.750. The minimum atomic E-state index is 1.82. The smallest absolute Gasteiger partial charge is 0 e. The number of rotatable bonds is 0. The first-order valence-corrected chi connectivity index (χ1v) is 1.75. The van der Waals surface area contributed by atoms with Crippen molar-refractivity contribution in [2.24, 2.45) is 0 Å². The van der Waals surface area contributed by atoms with Crippen LogP contribution in [0.5, 0.6) is 0 Å². The monoisotopic (exact) mass is 96.0 g/mol. The van der Waals surface area contributed by atoms with Crippen molar-refractivity contribution in [3.05, 3.63) is 12.8 Å². The van der Waals surface area contributed by atoms with E-state index in [0.29, 0.717) is 0 Å². The van der Waals surface area contributed by atoms with E-state index in [-0.39, 0.29) is 0 Å². The maximum Gasteiger partial charge on any atom is 0 e. The van der Waals surface area contributed by atoms with Gasteiger partial charge >= 0.3 is 0 Å².